The molecule has 1 rings (SSSR count). The molecule has 1 fully saturated rings. The van der Waals surface area contributed by atoms with Crippen LogP contribution in [0.5, 0.6) is 0 Å². The fourth-order valence-corrected chi connectivity index (χ4v) is 1.28. The number of rotatable bonds is 1. The number of hydrogen-bond acceptors (Lipinski definition) is 2. The molecule has 2 atom stereocenters. The van der Waals surface area contributed by atoms with Crippen LogP contribution in [0.3, 0.4) is 0 Å². The summed E-state index contributed by atoms with van der Waals surface area (Å²) in [7, 11) is 5.77. The Morgan fingerprint density at radius 2 is 2.50 bits per heavy atom. The molecule has 1 aliphatic rings. The first-order chi connectivity index (χ1) is 4.84. The maximum Gasteiger partial charge on any atom is 0.0705 e. The van der Waals surface area contributed by atoms with Crippen LogP contribution >= 0.6 is 0 Å². The van der Waals surface area contributed by atoms with E-state index in [0.29, 0.717) is 12.3 Å². The van der Waals surface area contributed by atoms with Crippen LogP contribution < -0.4 is 5.32 Å². The van der Waals surface area contributed by atoms with Crippen LogP contribution in [0, 0.1) is 17.2 Å². The maximum atomic E-state index is 8.40. The van der Waals surface area contributed by atoms with Gasteiger partial charge in [-0.1, -0.05) is 5.82 Å². The highest BCUT2D eigenvalue weighted by Crippen LogP contribution is 2.23. The first kappa shape index (κ1) is 7.62. The molecular formula is C7H11BN2. The molecule has 3 heteroatoms. The van der Waals surface area contributed by atoms with Gasteiger partial charge in [-0.05, 0) is 25.4 Å². The molecule has 0 aromatic rings. The molecule has 52 valence electrons. The zero-order valence-corrected chi connectivity index (χ0v) is 6.01. The monoisotopic (exact) mass is 134 g/mol. The van der Waals surface area contributed by atoms with Crippen LogP contribution in [0.1, 0.15) is 12.8 Å². The van der Waals surface area contributed by atoms with Crippen molar-refractivity contribution >= 4 is 7.85 Å². The van der Waals surface area contributed by atoms with Gasteiger partial charge in [-0.25, -0.2) is 0 Å². The van der Waals surface area contributed by atoms with Crippen molar-refractivity contribution in [2.24, 2.45) is 5.92 Å². The van der Waals surface area contributed by atoms with Gasteiger partial charge in [0.15, 0.2) is 0 Å². The Kier molecular flexibility index (Phi) is 2.76. The molecule has 0 aliphatic carbocycles. The second kappa shape index (κ2) is 3.63. The number of nitriles is 1. The standard InChI is InChI=1S/C7H11BN2/c8-7-2-4-10-5-6(7)1-3-9/h6-7,10H,1-2,4-5H2. The van der Waals surface area contributed by atoms with Crippen molar-refractivity contribution in [1.82, 2.24) is 5.32 Å². The summed E-state index contributed by atoms with van der Waals surface area (Å²) in [5, 5.41) is 11.6. The lowest BCUT2D eigenvalue weighted by Crippen LogP contribution is -2.33. The van der Waals surface area contributed by atoms with E-state index in [0.717, 1.165) is 19.5 Å². The summed E-state index contributed by atoms with van der Waals surface area (Å²) in [6.07, 6.45) is 1.60. The highest BCUT2D eigenvalue weighted by Gasteiger charge is 2.19. The number of hydrogen-bond donors (Lipinski definition) is 1. The van der Waals surface area contributed by atoms with Crippen molar-refractivity contribution in [2.45, 2.75) is 18.7 Å². The fourth-order valence-electron chi connectivity index (χ4n) is 1.28. The molecule has 2 unspecified atom stereocenters. The highest BCUT2D eigenvalue weighted by atomic mass is 14.9. The van der Waals surface area contributed by atoms with Crippen LogP contribution in [0.25, 0.3) is 0 Å². The molecule has 10 heavy (non-hydrogen) atoms. The third-order valence-corrected chi connectivity index (χ3v) is 2.02. The Morgan fingerprint density at radius 3 is 3.10 bits per heavy atom. The van der Waals surface area contributed by atoms with Gasteiger partial charge in [-0.15, -0.1) is 0 Å². The lowest BCUT2D eigenvalue weighted by molar-refractivity contribution is 0.384. The van der Waals surface area contributed by atoms with Gasteiger partial charge in [0.2, 0.25) is 0 Å². The van der Waals surface area contributed by atoms with E-state index in [2.05, 4.69) is 11.4 Å². The summed E-state index contributed by atoms with van der Waals surface area (Å²) in [6.45, 7) is 1.91. The zero-order valence-electron chi connectivity index (χ0n) is 6.01. The highest BCUT2D eigenvalue weighted by molar-refractivity contribution is 6.11. The molecule has 2 radical (unpaired) electrons. The molecule has 1 saturated heterocycles. The number of piperidine rings is 1. The van der Waals surface area contributed by atoms with Gasteiger partial charge in [0.05, 0.1) is 13.9 Å². The minimum absolute atomic E-state index is 0.237. The van der Waals surface area contributed by atoms with Gasteiger partial charge in [-0.3, -0.25) is 0 Å². The number of nitrogens with zero attached hydrogens (tertiary/aromatic N) is 1. The normalized spacial score (nSPS) is 33.1. The molecule has 0 spiro atoms. The quantitative estimate of drug-likeness (QED) is 0.529. The van der Waals surface area contributed by atoms with Crippen molar-refractivity contribution in [1.29, 1.82) is 5.26 Å². The van der Waals surface area contributed by atoms with E-state index in [1.54, 1.807) is 0 Å². The largest absolute Gasteiger partial charge is 0.316 e. The summed E-state index contributed by atoms with van der Waals surface area (Å²) in [5.74, 6) is 0.611. The Balaban J connectivity index is 2.34. The van der Waals surface area contributed by atoms with Gasteiger partial charge in [0, 0.05) is 6.42 Å². The van der Waals surface area contributed by atoms with Crippen LogP contribution in [-0.4, -0.2) is 20.9 Å². The predicted molar refractivity (Wildman–Crippen MR) is 40.7 cm³/mol. The van der Waals surface area contributed by atoms with Crippen LogP contribution in [0.2, 0.25) is 5.82 Å². The van der Waals surface area contributed by atoms with E-state index in [-0.39, 0.29) is 5.82 Å². The Bertz CT molecular complexity index is 141. The molecular weight excluding hydrogens is 123 g/mol. The minimum atomic E-state index is 0.237. The number of nitrogens with one attached hydrogen (secondary N) is 1. The molecule has 0 amide bonds. The second-order valence-corrected chi connectivity index (χ2v) is 2.78. The van der Waals surface area contributed by atoms with E-state index in [1.807, 2.05) is 0 Å². The van der Waals surface area contributed by atoms with E-state index >= 15 is 0 Å². The third-order valence-electron chi connectivity index (χ3n) is 2.02. The predicted octanol–water partition coefficient (Wildman–Crippen LogP) is 0.467. The van der Waals surface area contributed by atoms with Gasteiger partial charge in [0.25, 0.3) is 0 Å². The molecule has 0 aromatic heterocycles. The minimum Gasteiger partial charge on any atom is -0.316 e. The molecule has 2 nitrogen and oxygen atoms in total. The molecule has 1 aliphatic heterocycles. The van der Waals surface area contributed by atoms with Gasteiger partial charge < -0.3 is 5.32 Å². The topological polar surface area (TPSA) is 35.8 Å². The summed E-state index contributed by atoms with van der Waals surface area (Å²) >= 11 is 0. The zero-order chi connectivity index (χ0) is 7.40. The average molecular weight is 134 g/mol. The first-order valence-electron chi connectivity index (χ1n) is 3.68. The van der Waals surface area contributed by atoms with Gasteiger partial charge in [0.1, 0.15) is 0 Å². The van der Waals surface area contributed by atoms with Crippen molar-refractivity contribution in [2.75, 3.05) is 13.1 Å². The van der Waals surface area contributed by atoms with Crippen LogP contribution in [-0.2, 0) is 0 Å². The van der Waals surface area contributed by atoms with Crippen molar-refractivity contribution < 1.29 is 0 Å². The van der Waals surface area contributed by atoms with E-state index < -0.39 is 0 Å². The summed E-state index contributed by atoms with van der Waals surface area (Å²) in [6, 6.07) is 2.15. The molecule has 1 heterocycles. The van der Waals surface area contributed by atoms with Crippen molar-refractivity contribution in [3.63, 3.8) is 0 Å². The Labute approximate surface area is 63.0 Å². The van der Waals surface area contributed by atoms with Crippen LogP contribution in [0.15, 0.2) is 0 Å². The average Bonchev–Trinajstić information content (AvgIpc) is 1.94. The van der Waals surface area contributed by atoms with Gasteiger partial charge in [-0.2, -0.15) is 5.26 Å². The van der Waals surface area contributed by atoms with E-state index in [4.69, 9.17) is 13.1 Å². The Morgan fingerprint density at radius 1 is 1.70 bits per heavy atom. The Hall–Kier alpha value is -0.485. The summed E-state index contributed by atoms with van der Waals surface area (Å²) in [5.41, 5.74) is 0. The summed E-state index contributed by atoms with van der Waals surface area (Å²) < 4.78 is 0. The molecule has 1 N–H and O–H groups in total. The van der Waals surface area contributed by atoms with E-state index in [1.165, 1.54) is 0 Å². The lowest BCUT2D eigenvalue weighted by atomic mass is 9.71. The second-order valence-electron chi connectivity index (χ2n) is 2.78. The van der Waals surface area contributed by atoms with Gasteiger partial charge >= 0.3 is 0 Å². The lowest BCUT2D eigenvalue weighted by Gasteiger charge is -2.27. The molecule has 0 bridgehead atoms. The molecule has 0 saturated carbocycles. The first-order valence-corrected chi connectivity index (χ1v) is 3.68. The van der Waals surface area contributed by atoms with Crippen LogP contribution in [0.4, 0.5) is 0 Å². The van der Waals surface area contributed by atoms with E-state index in [9.17, 15) is 0 Å². The van der Waals surface area contributed by atoms with Crippen molar-refractivity contribution in [3.05, 3.63) is 0 Å². The third kappa shape index (κ3) is 1.75. The smallest absolute Gasteiger partial charge is 0.0705 e. The summed E-state index contributed by atoms with van der Waals surface area (Å²) in [4.78, 5) is 0. The molecule has 0 aromatic carbocycles. The van der Waals surface area contributed by atoms with Crippen molar-refractivity contribution in [3.8, 4) is 6.07 Å². The fraction of sp³-hybridized carbons (Fsp3) is 0.857. The SMILES string of the molecule is [B]C1CCNCC1CC#N. The maximum absolute atomic E-state index is 8.40.